The van der Waals surface area contributed by atoms with Crippen LogP contribution in [0.1, 0.15) is 24.0 Å². The Hall–Kier alpha value is -3.52. The van der Waals surface area contributed by atoms with Gasteiger partial charge in [0, 0.05) is 25.2 Å². The van der Waals surface area contributed by atoms with Crippen molar-refractivity contribution in [3.05, 3.63) is 87.3 Å². The predicted molar refractivity (Wildman–Crippen MR) is 133 cm³/mol. The second kappa shape index (κ2) is 9.38. The van der Waals surface area contributed by atoms with E-state index in [2.05, 4.69) is 5.32 Å². The molecule has 1 aliphatic rings. The van der Waals surface area contributed by atoms with Gasteiger partial charge in [-0.1, -0.05) is 35.9 Å². The fraction of sp³-hybridized carbons (Fsp3) is 0.269. The first kappa shape index (κ1) is 22.3. The Kier molecular flexibility index (Phi) is 6.15. The summed E-state index contributed by atoms with van der Waals surface area (Å²) in [5.41, 5.74) is 2.87. The van der Waals surface area contributed by atoms with E-state index in [0.29, 0.717) is 34.8 Å². The van der Waals surface area contributed by atoms with Crippen molar-refractivity contribution >= 4 is 33.4 Å². The number of amides is 1. The molecule has 8 heteroatoms. The number of nitrogens with one attached hydrogen (secondary N) is 1. The van der Waals surface area contributed by atoms with Gasteiger partial charge in [-0.25, -0.2) is 13.9 Å². The van der Waals surface area contributed by atoms with Gasteiger partial charge >= 0.3 is 0 Å². The van der Waals surface area contributed by atoms with Crippen molar-refractivity contribution in [1.82, 2.24) is 14.9 Å². The highest BCUT2D eigenvalue weighted by Crippen LogP contribution is 2.27. The zero-order chi connectivity index (χ0) is 23.7. The van der Waals surface area contributed by atoms with E-state index in [-0.39, 0.29) is 29.7 Å². The Labute approximate surface area is 200 Å². The maximum Gasteiger partial charge on any atom is 0.277 e. The van der Waals surface area contributed by atoms with Crippen LogP contribution in [0.2, 0.25) is 0 Å². The number of aromatic nitrogens is 2. The molecule has 1 aliphatic heterocycles. The number of rotatable bonds is 5. The molecule has 1 fully saturated rings. The van der Waals surface area contributed by atoms with E-state index >= 15 is 0 Å². The van der Waals surface area contributed by atoms with Crippen molar-refractivity contribution < 1.29 is 9.18 Å². The van der Waals surface area contributed by atoms with Gasteiger partial charge in [0.25, 0.3) is 5.56 Å². The molecule has 0 bridgehead atoms. The van der Waals surface area contributed by atoms with E-state index in [0.717, 1.165) is 24.1 Å². The first-order valence-electron chi connectivity index (χ1n) is 11.3. The van der Waals surface area contributed by atoms with Crippen LogP contribution in [0, 0.1) is 18.7 Å². The van der Waals surface area contributed by atoms with Crippen LogP contribution >= 0.6 is 11.3 Å². The van der Waals surface area contributed by atoms with Crippen LogP contribution in [0.15, 0.2) is 64.8 Å². The molecule has 6 nitrogen and oxygen atoms in total. The predicted octanol–water partition coefficient (Wildman–Crippen LogP) is 4.43. The zero-order valence-corrected chi connectivity index (χ0v) is 19.6. The Morgan fingerprint density at radius 1 is 1.18 bits per heavy atom. The second-order valence-corrected chi connectivity index (χ2v) is 9.53. The first-order chi connectivity index (χ1) is 16.5. The second-order valence-electron chi connectivity index (χ2n) is 8.62. The Morgan fingerprint density at radius 2 is 1.97 bits per heavy atom. The average Bonchev–Trinajstić information content (AvgIpc) is 3.33. The van der Waals surface area contributed by atoms with Gasteiger partial charge in [0.2, 0.25) is 11.9 Å². The molecule has 0 aliphatic carbocycles. The number of fused-ring (bicyclic) bond motifs is 1. The molecule has 1 amide bonds. The Bertz CT molecular complexity index is 1400. The van der Waals surface area contributed by atoms with Crippen LogP contribution in [0.4, 0.5) is 10.3 Å². The Balaban J connectivity index is 1.43. The number of hydrogen-bond donors (Lipinski definition) is 1. The minimum absolute atomic E-state index is 0.106. The summed E-state index contributed by atoms with van der Waals surface area (Å²) in [6.45, 7) is 3.29. The van der Waals surface area contributed by atoms with E-state index in [4.69, 9.17) is 4.98 Å². The molecular formula is C26H25FN4O2S. The largest absolute Gasteiger partial charge is 0.352 e. The molecule has 34 heavy (non-hydrogen) atoms. The number of piperidine rings is 1. The highest BCUT2D eigenvalue weighted by molar-refractivity contribution is 7.17. The quantitative estimate of drug-likeness (QED) is 0.463. The third kappa shape index (κ3) is 4.33. The summed E-state index contributed by atoms with van der Waals surface area (Å²) in [4.78, 5) is 33.2. The molecule has 1 atom stereocenters. The third-order valence-corrected chi connectivity index (χ3v) is 7.13. The number of halogens is 1. The normalized spacial score (nSPS) is 16.1. The fourth-order valence-corrected chi connectivity index (χ4v) is 5.14. The summed E-state index contributed by atoms with van der Waals surface area (Å²) in [6.07, 6.45) is 1.53. The lowest BCUT2D eigenvalue weighted by atomic mass is 9.97. The fourth-order valence-electron chi connectivity index (χ4n) is 4.38. The monoisotopic (exact) mass is 476 g/mol. The lowest BCUT2D eigenvalue weighted by molar-refractivity contribution is -0.125. The Morgan fingerprint density at radius 3 is 2.76 bits per heavy atom. The van der Waals surface area contributed by atoms with Gasteiger partial charge in [0.05, 0.1) is 17.1 Å². The standard InChI is InChI=1S/C26H25FN4O2S/c1-17-8-10-20(11-9-17)31-25(33)23-22(12-14-34-23)29-26(31)30-13-4-6-19(16-30)24(32)28-15-18-5-2-3-7-21(18)27/h2-3,5,7-12,14,19H,4,6,13,15-16H2,1H3,(H,28,32). The van der Waals surface area contributed by atoms with Crippen molar-refractivity contribution in [1.29, 1.82) is 0 Å². The van der Waals surface area contributed by atoms with Crippen molar-refractivity contribution in [2.24, 2.45) is 5.92 Å². The van der Waals surface area contributed by atoms with Gasteiger partial charge in [-0.3, -0.25) is 9.59 Å². The lowest BCUT2D eigenvalue weighted by Gasteiger charge is -2.34. The molecule has 2 aromatic heterocycles. The van der Waals surface area contributed by atoms with Gasteiger partial charge in [-0.05, 0) is 49.4 Å². The number of benzene rings is 2. The minimum Gasteiger partial charge on any atom is -0.352 e. The van der Waals surface area contributed by atoms with Crippen LogP contribution in [0.25, 0.3) is 15.9 Å². The number of carbonyl (C=O) groups excluding carboxylic acids is 1. The summed E-state index contributed by atoms with van der Waals surface area (Å²) in [5.74, 6) is -0.175. The molecule has 3 heterocycles. The number of anilines is 1. The number of nitrogens with zero attached hydrogens (tertiary/aromatic N) is 3. The highest BCUT2D eigenvalue weighted by Gasteiger charge is 2.29. The molecule has 1 unspecified atom stereocenters. The molecule has 0 saturated carbocycles. The lowest BCUT2D eigenvalue weighted by Crippen LogP contribution is -2.45. The average molecular weight is 477 g/mol. The smallest absolute Gasteiger partial charge is 0.277 e. The summed E-state index contributed by atoms with van der Waals surface area (Å²) in [6, 6.07) is 16.1. The van der Waals surface area contributed by atoms with E-state index < -0.39 is 0 Å². The van der Waals surface area contributed by atoms with Crippen LogP contribution in [-0.4, -0.2) is 28.5 Å². The summed E-state index contributed by atoms with van der Waals surface area (Å²) >= 11 is 1.38. The minimum atomic E-state index is -0.330. The van der Waals surface area contributed by atoms with Gasteiger partial charge < -0.3 is 10.2 Å². The molecular weight excluding hydrogens is 451 g/mol. The molecule has 2 aromatic carbocycles. The number of aryl methyl sites for hydroxylation is 1. The van der Waals surface area contributed by atoms with Gasteiger partial charge in [-0.15, -0.1) is 11.3 Å². The molecule has 1 N–H and O–H groups in total. The molecule has 0 radical (unpaired) electrons. The molecule has 5 rings (SSSR count). The summed E-state index contributed by atoms with van der Waals surface area (Å²) in [7, 11) is 0. The van der Waals surface area contributed by atoms with E-state index in [1.54, 1.807) is 22.8 Å². The molecule has 4 aromatic rings. The van der Waals surface area contributed by atoms with Gasteiger partial charge in [-0.2, -0.15) is 0 Å². The van der Waals surface area contributed by atoms with Crippen molar-refractivity contribution in [2.45, 2.75) is 26.3 Å². The molecule has 0 spiro atoms. The van der Waals surface area contributed by atoms with Crippen LogP contribution < -0.4 is 15.8 Å². The summed E-state index contributed by atoms with van der Waals surface area (Å²) in [5, 5.41) is 4.75. The van der Waals surface area contributed by atoms with E-state index in [9.17, 15) is 14.0 Å². The first-order valence-corrected chi connectivity index (χ1v) is 12.2. The van der Waals surface area contributed by atoms with Gasteiger partial charge in [0.1, 0.15) is 10.5 Å². The number of hydrogen-bond acceptors (Lipinski definition) is 5. The van der Waals surface area contributed by atoms with Gasteiger partial charge in [0.15, 0.2) is 0 Å². The maximum absolute atomic E-state index is 13.9. The van der Waals surface area contributed by atoms with Crippen molar-refractivity contribution in [2.75, 3.05) is 18.0 Å². The number of thiophene rings is 1. The van der Waals surface area contributed by atoms with Crippen molar-refractivity contribution in [3.63, 3.8) is 0 Å². The zero-order valence-electron chi connectivity index (χ0n) is 18.8. The van der Waals surface area contributed by atoms with Crippen molar-refractivity contribution in [3.8, 4) is 5.69 Å². The summed E-state index contributed by atoms with van der Waals surface area (Å²) < 4.78 is 16.2. The van der Waals surface area contributed by atoms with Crippen LogP contribution in [0.5, 0.6) is 0 Å². The van der Waals surface area contributed by atoms with Crippen LogP contribution in [-0.2, 0) is 11.3 Å². The SMILES string of the molecule is Cc1ccc(-n2c(N3CCCC(C(=O)NCc4ccccc4F)C3)nc3ccsc3c2=O)cc1. The molecule has 1 saturated heterocycles. The highest BCUT2D eigenvalue weighted by atomic mass is 32.1. The van der Waals surface area contributed by atoms with E-state index in [1.807, 2.05) is 47.5 Å². The van der Waals surface area contributed by atoms with Crippen LogP contribution in [0.3, 0.4) is 0 Å². The maximum atomic E-state index is 13.9. The third-order valence-electron chi connectivity index (χ3n) is 6.24. The number of carbonyl (C=O) groups is 1. The van der Waals surface area contributed by atoms with E-state index in [1.165, 1.54) is 17.4 Å². The topological polar surface area (TPSA) is 67.2 Å². The molecule has 174 valence electrons.